The SMILES string of the molecule is Brc1ccc(CC(Br)CCC2CCCCC2)cc1. The van der Waals surface area contributed by atoms with E-state index in [4.69, 9.17) is 0 Å². The van der Waals surface area contributed by atoms with Crippen molar-refractivity contribution in [3.8, 4) is 0 Å². The van der Waals surface area contributed by atoms with Gasteiger partial charge in [0.2, 0.25) is 0 Å². The molecule has 2 heteroatoms. The standard InChI is InChI=1S/C16H22Br2/c17-15-9-7-14(8-10-15)12-16(18)11-6-13-4-2-1-3-5-13/h7-10,13,16H,1-6,11-12H2. The van der Waals surface area contributed by atoms with Crippen LogP contribution in [0.2, 0.25) is 0 Å². The molecule has 0 radical (unpaired) electrons. The first-order valence-corrected chi connectivity index (χ1v) is 8.83. The molecule has 1 fully saturated rings. The molecule has 0 amide bonds. The molecule has 0 heterocycles. The van der Waals surface area contributed by atoms with Crippen molar-refractivity contribution in [2.75, 3.05) is 0 Å². The highest BCUT2D eigenvalue weighted by Crippen LogP contribution is 2.29. The zero-order valence-electron chi connectivity index (χ0n) is 10.9. The molecular weight excluding hydrogens is 352 g/mol. The molecule has 0 nitrogen and oxygen atoms in total. The van der Waals surface area contributed by atoms with E-state index < -0.39 is 0 Å². The van der Waals surface area contributed by atoms with E-state index in [1.807, 2.05) is 0 Å². The highest BCUT2D eigenvalue weighted by molar-refractivity contribution is 9.10. The van der Waals surface area contributed by atoms with Crippen LogP contribution in [-0.2, 0) is 6.42 Å². The Morgan fingerprint density at radius 3 is 2.39 bits per heavy atom. The van der Waals surface area contributed by atoms with E-state index in [0.717, 1.165) is 12.3 Å². The fraction of sp³-hybridized carbons (Fsp3) is 0.625. The van der Waals surface area contributed by atoms with Gasteiger partial charge in [0.15, 0.2) is 0 Å². The van der Waals surface area contributed by atoms with Crippen LogP contribution < -0.4 is 0 Å². The second-order valence-corrected chi connectivity index (χ2v) is 7.72. The normalized spacial score (nSPS) is 18.8. The Morgan fingerprint density at radius 2 is 1.72 bits per heavy atom. The monoisotopic (exact) mass is 372 g/mol. The van der Waals surface area contributed by atoms with Crippen LogP contribution in [0.3, 0.4) is 0 Å². The largest absolute Gasteiger partial charge is 0.0887 e. The van der Waals surface area contributed by atoms with Crippen molar-refractivity contribution in [2.45, 2.75) is 56.2 Å². The van der Waals surface area contributed by atoms with Crippen molar-refractivity contribution in [3.63, 3.8) is 0 Å². The predicted octanol–water partition coefficient (Wildman–Crippen LogP) is 6.12. The zero-order valence-corrected chi connectivity index (χ0v) is 14.0. The minimum absolute atomic E-state index is 0.639. The van der Waals surface area contributed by atoms with Crippen LogP contribution in [0.1, 0.15) is 50.5 Å². The van der Waals surface area contributed by atoms with E-state index >= 15 is 0 Å². The maximum absolute atomic E-state index is 3.85. The van der Waals surface area contributed by atoms with Gasteiger partial charge >= 0.3 is 0 Å². The van der Waals surface area contributed by atoms with Crippen LogP contribution >= 0.6 is 31.9 Å². The molecular formula is C16H22Br2. The maximum Gasteiger partial charge on any atom is 0.0186 e. The number of hydrogen-bond acceptors (Lipinski definition) is 0. The van der Waals surface area contributed by atoms with Crippen LogP contribution in [0.15, 0.2) is 28.7 Å². The van der Waals surface area contributed by atoms with Crippen molar-refractivity contribution in [3.05, 3.63) is 34.3 Å². The molecule has 100 valence electrons. The van der Waals surface area contributed by atoms with Crippen LogP contribution in [0.25, 0.3) is 0 Å². The molecule has 2 rings (SSSR count). The Kier molecular flexibility index (Phi) is 6.23. The van der Waals surface area contributed by atoms with Crippen molar-refractivity contribution >= 4 is 31.9 Å². The van der Waals surface area contributed by atoms with Crippen molar-refractivity contribution in [2.24, 2.45) is 5.92 Å². The van der Waals surface area contributed by atoms with Gasteiger partial charge in [0.1, 0.15) is 0 Å². The first-order chi connectivity index (χ1) is 8.74. The van der Waals surface area contributed by atoms with Gasteiger partial charge in [-0.1, -0.05) is 76.1 Å². The number of halogens is 2. The summed E-state index contributed by atoms with van der Waals surface area (Å²) in [7, 11) is 0. The van der Waals surface area contributed by atoms with Gasteiger partial charge in [0.25, 0.3) is 0 Å². The molecule has 0 bridgehead atoms. The van der Waals surface area contributed by atoms with E-state index in [-0.39, 0.29) is 0 Å². The lowest BCUT2D eigenvalue weighted by Gasteiger charge is -2.22. The molecule has 0 spiro atoms. The summed E-state index contributed by atoms with van der Waals surface area (Å²) in [6.45, 7) is 0. The van der Waals surface area contributed by atoms with Gasteiger partial charge in [-0.15, -0.1) is 0 Å². The molecule has 1 aromatic rings. The van der Waals surface area contributed by atoms with Gasteiger partial charge in [-0.25, -0.2) is 0 Å². The van der Waals surface area contributed by atoms with E-state index in [9.17, 15) is 0 Å². The highest BCUT2D eigenvalue weighted by atomic mass is 79.9. The minimum Gasteiger partial charge on any atom is -0.0887 e. The second-order valence-electron chi connectivity index (χ2n) is 5.51. The van der Waals surface area contributed by atoms with Gasteiger partial charge in [0, 0.05) is 9.30 Å². The summed E-state index contributed by atoms with van der Waals surface area (Å²) in [6.07, 6.45) is 11.2. The first-order valence-electron chi connectivity index (χ1n) is 7.12. The quantitative estimate of drug-likeness (QED) is 0.545. The maximum atomic E-state index is 3.85. The summed E-state index contributed by atoms with van der Waals surface area (Å²) in [4.78, 5) is 0.639. The molecule has 0 aromatic heterocycles. The minimum atomic E-state index is 0.639. The van der Waals surface area contributed by atoms with E-state index in [1.165, 1.54) is 55.0 Å². The Labute approximate surface area is 128 Å². The smallest absolute Gasteiger partial charge is 0.0186 e. The summed E-state index contributed by atoms with van der Waals surface area (Å²) in [5, 5.41) is 0. The Morgan fingerprint density at radius 1 is 1.06 bits per heavy atom. The fourth-order valence-corrected chi connectivity index (χ4v) is 3.77. The van der Waals surface area contributed by atoms with Crippen LogP contribution in [0.5, 0.6) is 0 Å². The predicted molar refractivity (Wildman–Crippen MR) is 86.4 cm³/mol. The third-order valence-electron chi connectivity index (χ3n) is 3.98. The molecule has 1 aliphatic carbocycles. The summed E-state index contributed by atoms with van der Waals surface area (Å²) < 4.78 is 1.17. The van der Waals surface area contributed by atoms with Crippen LogP contribution in [0.4, 0.5) is 0 Å². The lowest BCUT2D eigenvalue weighted by Crippen LogP contribution is -2.10. The van der Waals surface area contributed by atoms with Gasteiger partial charge in [-0.3, -0.25) is 0 Å². The summed E-state index contributed by atoms with van der Waals surface area (Å²) >= 11 is 7.33. The Balaban J connectivity index is 1.71. The number of rotatable bonds is 5. The van der Waals surface area contributed by atoms with Gasteiger partial charge in [-0.2, -0.15) is 0 Å². The molecule has 1 unspecified atom stereocenters. The second kappa shape index (κ2) is 7.69. The van der Waals surface area contributed by atoms with Crippen molar-refractivity contribution in [1.82, 2.24) is 0 Å². The molecule has 0 aliphatic heterocycles. The fourth-order valence-electron chi connectivity index (χ4n) is 2.87. The molecule has 18 heavy (non-hydrogen) atoms. The number of alkyl halides is 1. The molecule has 1 saturated carbocycles. The number of benzene rings is 1. The summed E-state index contributed by atoms with van der Waals surface area (Å²) in [5.74, 6) is 1.00. The van der Waals surface area contributed by atoms with Crippen molar-refractivity contribution < 1.29 is 0 Å². The van der Waals surface area contributed by atoms with Crippen LogP contribution in [-0.4, -0.2) is 4.83 Å². The Bertz CT molecular complexity index is 339. The lowest BCUT2D eigenvalue weighted by atomic mass is 9.85. The number of hydrogen-bond donors (Lipinski definition) is 0. The molecule has 0 N–H and O–H groups in total. The van der Waals surface area contributed by atoms with Gasteiger partial charge < -0.3 is 0 Å². The Hall–Kier alpha value is 0.180. The van der Waals surface area contributed by atoms with Crippen molar-refractivity contribution in [1.29, 1.82) is 0 Å². The molecule has 0 saturated heterocycles. The van der Waals surface area contributed by atoms with E-state index in [0.29, 0.717) is 4.83 Å². The molecule has 1 atom stereocenters. The molecule has 1 aliphatic rings. The summed E-state index contributed by atoms with van der Waals surface area (Å²) in [6, 6.07) is 8.71. The lowest BCUT2D eigenvalue weighted by molar-refractivity contribution is 0.331. The van der Waals surface area contributed by atoms with E-state index in [1.54, 1.807) is 0 Å². The molecule has 1 aromatic carbocycles. The first kappa shape index (κ1) is 14.6. The zero-order chi connectivity index (χ0) is 12.8. The summed E-state index contributed by atoms with van der Waals surface area (Å²) in [5.41, 5.74) is 1.43. The van der Waals surface area contributed by atoms with Gasteiger partial charge in [0.05, 0.1) is 0 Å². The topological polar surface area (TPSA) is 0 Å². The third-order valence-corrected chi connectivity index (χ3v) is 5.29. The highest BCUT2D eigenvalue weighted by Gasteiger charge is 2.15. The average Bonchev–Trinajstić information content (AvgIpc) is 2.40. The van der Waals surface area contributed by atoms with Gasteiger partial charge in [-0.05, 0) is 42.9 Å². The van der Waals surface area contributed by atoms with E-state index in [2.05, 4.69) is 56.1 Å². The third kappa shape index (κ3) is 5.05. The average molecular weight is 374 g/mol. The van der Waals surface area contributed by atoms with Crippen LogP contribution in [0, 0.1) is 5.92 Å².